The van der Waals surface area contributed by atoms with Crippen molar-refractivity contribution in [2.24, 2.45) is 0 Å². The number of aliphatic hydroxyl groups excluding tert-OH is 2. The first kappa shape index (κ1) is 72.3. The van der Waals surface area contributed by atoms with Crippen LogP contribution in [0.15, 0.2) is 24.3 Å². The van der Waals surface area contributed by atoms with E-state index in [1.54, 1.807) is 6.08 Å². The zero-order valence-corrected chi connectivity index (χ0v) is 50.1. The Balaban J connectivity index is 3.45. The van der Waals surface area contributed by atoms with E-state index in [4.69, 9.17) is 4.74 Å². The highest BCUT2D eigenvalue weighted by Gasteiger charge is 2.18. The zero-order valence-electron chi connectivity index (χ0n) is 50.1. The number of esters is 1. The Labute approximate surface area is 462 Å². The smallest absolute Gasteiger partial charge is 0.305 e. The van der Waals surface area contributed by atoms with Gasteiger partial charge in [-0.2, -0.15) is 0 Å². The fourth-order valence-corrected chi connectivity index (χ4v) is 10.6. The van der Waals surface area contributed by atoms with E-state index >= 15 is 0 Å². The Morgan fingerprint density at radius 1 is 0.365 bits per heavy atom. The molecule has 0 rings (SSSR count). The summed E-state index contributed by atoms with van der Waals surface area (Å²) in [5.41, 5.74) is 0. The number of carbonyl (C=O) groups is 2. The largest absolute Gasteiger partial charge is 0.466 e. The third-order valence-electron chi connectivity index (χ3n) is 15.7. The molecular weight excluding hydrogens is 911 g/mol. The van der Waals surface area contributed by atoms with Crippen molar-refractivity contribution in [1.29, 1.82) is 0 Å². The van der Waals surface area contributed by atoms with E-state index in [-0.39, 0.29) is 18.5 Å². The molecule has 74 heavy (non-hydrogen) atoms. The molecule has 6 nitrogen and oxygen atoms in total. The molecule has 438 valence electrons. The van der Waals surface area contributed by atoms with Gasteiger partial charge in [-0.15, -0.1) is 0 Å². The molecule has 1 amide bonds. The molecule has 0 aliphatic carbocycles. The maximum absolute atomic E-state index is 12.5. The van der Waals surface area contributed by atoms with Gasteiger partial charge in [-0.3, -0.25) is 9.59 Å². The van der Waals surface area contributed by atoms with Gasteiger partial charge in [-0.05, 0) is 57.8 Å². The number of carbonyl (C=O) groups excluding carboxylic acids is 2. The van der Waals surface area contributed by atoms with Crippen molar-refractivity contribution < 1.29 is 24.5 Å². The Morgan fingerprint density at radius 3 is 0.959 bits per heavy atom. The minimum atomic E-state index is -0.853. The lowest BCUT2D eigenvalue weighted by Crippen LogP contribution is -2.45. The summed E-state index contributed by atoms with van der Waals surface area (Å²) in [5.74, 6) is -0.0734. The maximum atomic E-state index is 12.5. The molecule has 0 aromatic carbocycles. The molecule has 0 aromatic heterocycles. The molecule has 0 saturated heterocycles. The van der Waals surface area contributed by atoms with Crippen LogP contribution in [0.25, 0.3) is 0 Å². The van der Waals surface area contributed by atoms with E-state index in [2.05, 4.69) is 31.3 Å². The van der Waals surface area contributed by atoms with Crippen LogP contribution in [0.4, 0.5) is 0 Å². The molecule has 2 atom stereocenters. The summed E-state index contributed by atoms with van der Waals surface area (Å²) in [4.78, 5) is 24.6. The van der Waals surface area contributed by atoms with E-state index in [0.29, 0.717) is 19.4 Å². The zero-order chi connectivity index (χ0) is 53.6. The molecule has 6 heteroatoms. The third-order valence-corrected chi connectivity index (χ3v) is 15.7. The molecular formula is C68H131NO5. The molecule has 2 unspecified atom stereocenters. The highest BCUT2D eigenvalue weighted by atomic mass is 16.5. The molecule has 0 aromatic rings. The van der Waals surface area contributed by atoms with Crippen molar-refractivity contribution >= 4 is 11.9 Å². The number of amides is 1. The average molecular weight is 1040 g/mol. The number of rotatable bonds is 63. The molecule has 0 aliphatic heterocycles. The van der Waals surface area contributed by atoms with Gasteiger partial charge in [-0.1, -0.05) is 327 Å². The third kappa shape index (κ3) is 59.6. The Hall–Kier alpha value is -1.66. The number of unbranched alkanes of at least 4 members (excludes halogenated alkanes) is 50. The van der Waals surface area contributed by atoms with Gasteiger partial charge in [0.25, 0.3) is 0 Å². The van der Waals surface area contributed by atoms with Crippen LogP contribution >= 0.6 is 0 Å². The highest BCUT2D eigenvalue weighted by Crippen LogP contribution is 2.18. The lowest BCUT2D eigenvalue weighted by molar-refractivity contribution is -0.143. The molecule has 0 spiro atoms. The monoisotopic (exact) mass is 1040 g/mol. The summed E-state index contributed by atoms with van der Waals surface area (Å²) in [7, 11) is 0. The number of aliphatic hydroxyl groups is 2. The van der Waals surface area contributed by atoms with Crippen molar-refractivity contribution in [2.45, 2.75) is 386 Å². The van der Waals surface area contributed by atoms with Gasteiger partial charge >= 0.3 is 5.97 Å². The van der Waals surface area contributed by atoms with E-state index in [9.17, 15) is 19.8 Å². The first-order chi connectivity index (χ1) is 36.5. The standard InChI is InChI=1S/C68H131NO5/c1-3-5-7-9-11-13-15-17-19-21-23-24-26-28-32-36-40-44-48-52-56-60-66(71)65(64-70)69-67(72)61-57-53-49-45-41-37-33-29-27-31-35-39-43-47-51-55-59-63-74-68(73)62-58-54-50-46-42-38-34-30-25-22-20-18-16-14-12-10-8-6-4-2/h27,31,56,60,65-66,70-71H,3-26,28-30,32-55,57-59,61-64H2,1-2H3,(H,69,72)/b31-27-,60-56+. The first-order valence-corrected chi connectivity index (χ1v) is 33.6. The van der Waals surface area contributed by atoms with Crippen LogP contribution in [0.2, 0.25) is 0 Å². The van der Waals surface area contributed by atoms with Crippen LogP contribution in [0.5, 0.6) is 0 Å². The van der Waals surface area contributed by atoms with E-state index in [0.717, 1.165) is 57.8 Å². The molecule has 0 bridgehead atoms. The second kappa shape index (κ2) is 63.9. The number of nitrogens with one attached hydrogen (secondary N) is 1. The quantitative estimate of drug-likeness (QED) is 0.0320. The van der Waals surface area contributed by atoms with Crippen molar-refractivity contribution in [3.05, 3.63) is 24.3 Å². The van der Waals surface area contributed by atoms with Crippen LogP contribution in [-0.4, -0.2) is 47.4 Å². The SMILES string of the molecule is CCCCCCCCCCCCCCCCCCCCC/C=C/C(O)C(CO)NC(=O)CCCCCCCCC/C=C\CCCCCCCCOC(=O)CCCCCCCCCCCCCCCCCCCCC. The van der Waals surface area contributed by atoms with Crippen molar-refractivity contribution in [3.63, 3.8) is 0 Å². The lowest BCUT2D eigenvalue weighted by atomic mass is 10.0. The van der Waals surface area contributed by atoms with Gasteiger partial charge in [0.1, 0.15) is 0 Å². The summed E-state index contributed by atoms with van der Waals surface area (Å²) in [6, 6.07) is -0.638. The van der Waals surface area contributed by atoms with Gasteiger partial charge in [-0.25, -0.2) is 0 Å². The Bertz CT molecular complexity index is 1150. The summed E-state index contributed by atoms with van der Waals surface area (Å²) >= 11 is 0. The van der Waals surface area contributed by atoms with Gasteiger partial charge in [0.15, 0.2) is 0 Å². The predicted molar refractivity (Wildman–Crippen MR) is 324 cm³/mol. The van der Waals surface area contributed by atoms with E-state index in [1.165, 1.54) is 289 Å². The second-order valence-corrected chi connectivity index (χ2v) is 23.2. The van der Waals surface area contributed by atoms with Gasteiger partial charge in [0, 0.05) is 12.8 Å². The first-order valence-electron chi connectivity index (χ1n) is 33.6. The van der Waals surface area contributed by atoms with E-state index in [1.807, 2.05) is 6.08 Å². The number of hydrogen-bond donors (Lipinski definition) is 3. The normalized spacial score (nSPS) is 12.6. The minimum Gasteiger partial charge on any atom is -0.466 e. The molecule has 0 fully saturated rings. The predicted octanol–water partition coefficient (Wildman–Crippen LogP) is 21.4. The lowest BCUT2D eigenvalue weighted by Gasteiger charge is -2.20. The van der Waals surface area contributed by atoms with Crippen molar-refractivity contribution in [3.8, 4) is 0 Å². The highest BCUT2D eigenvalue weighted by molar-refractivity contribution is 5.76. The minimum absolute atomic E-state index is 0.00287. The van der Waals surface area contributed by atoms with Crippen LogP contribution in [0, 0.1) is 0 Å². The number of ether oxygens (including phenoxy) is 1. The Kier molecular flexibility index (Phi) is 62.4. The van der Waals surface area contributed by atoms with Gasteiger partial charge in [0.05, 0.1) is 25.4 Å². The summed E-state index contributed by atoms with van der Waals surface area (Å²) in [5, 5.41) is 23.2. The van der Waals surface area contributed by atoms with Crippen molar-refractivity contribution in [1.82, 2.24) is 5.32 Å². The van der Waals surface area contributed by atoms with Gasteiger partial charge < -0.3 is 20.3 Å². The molecule has 3 N–H and O–H groups in total. The van der Waals surface area contributed by atoms with Crippen molar-refractivity contribution in [2.75, 3.05) is 13.2 Å². The molecule has 0 aliphatic rings. The average Bonchev–Trinajstić information content (AvgIpc) is 3.40. The van der Waals surface area contributed by atoms with Gasteiger partial charge in [0.2, 0.25) is 5.91 Å². The fourth-order valence-electron chi connectivity index (χ4n) is 10.6. The van der Waals surface area contributed by atoms with Crippen LogP contribution in [-0.2, 0) is 14.3 Å². The molecule has 0 saturated carbocycles. The molecule has 0 radical (unpaired) electrons. The maximum Gasteiger partial charge on any atom is 0.305 e. The van der Waals surface area contributed by atoms with Crippen LogP contribution in [0.1, 0.15) is 373 Å². The van der Waals surface area contributed by atoms with E-state index < -0.39 is 12.1 Å². The van der Waals surface area contributed by atoms with Crippen LogP contribution in [0.3, 0.4) is 0 Å². The Morgan fingerprint density at radius 2 is 0.635 bits per heavy atom. The topological polar surface area (TPSA) is 95.9 Å². The number of allylic oxidation sites excluding steroid dienone is 3. The van der Waals surface area contributed by atoms with Crippen LogP contribution < -0.4 is 5.32 Å². The molecule has 0 heterocycles. The summed E-state index contributed by atoms with van der Waals surface area (Å²) in [6.45, 7) is 4.92. The fraction of sp³-hybridized carbons (Fsp3) is 0.912. The number of hydrogen-bond acceptors (Lipinski definition) is 5. The summed E-state index contributed by atoms with van der Waals surface area (Å²) in [6.07, 6.45) is 79.5. The summed E-state index contributed by atoms with van der Waals surface area (Å²) < 4.78 is 5.50. The second-order valence-electron chi connectivity index (χ2n) is 23.2.